The zero-order valence-electron chi connectivity index (χ0n) is 16.9. The molecule has 0 aromatic carbocycles. The average Bonchev–Trinajstić information content (AvgIpc) is 2.78. The Bertz CT molecular complexity index is 1080. The van der Waals surface area contributed by atoms with E-state index < -0.39 is 11.7 Å². The summed E-state index contributed by atoms with van der Waals surface area (Å²) in [5.74, 6) is -1.26. The summed E-state index contributed by atoms with van der Waals surface area (Å²) in [7, 11) is 0. The summed E-state index contributed by atoms with van der Waals surface area (Å²) in [5.41, 5.74) is 13.9. The summed E-state index contributed by atoms with van der Waals surface area (Å²) in [5, 5.41) is 6.15. The lowest BCUT2D eigenvalue weighted by molar-refractivity contribution is 0.100. The smallest absolute Gasteiger partial charge is 0.252 e. The van der Waals surface area contributed by atoms with Crippen molar-refractivity contribution in [1.82, 2.24) is 15.0 Å². The highest BCUT2D eigenvalue weighted by atomic mass is 19.1. The van der Waals surface area contributed by atoms with Crippen molar-refractivity contribution in [3.05, 3.63) is 60.4 Å². The number of halogens is 1. The Hall–Kier alpha value is -3.59. The molecule has 3 aromatic rings. The third-order valence-corrected chi connectivity index (χ3v) is 5.38. The molecule has 4 rings (SSSR count). The molecule has 1 aliphatic rings. The van der Waals surface area contributed by atoms with E-state index in [0.29, 0.717) is 5.69 Å². The number of amides is 1. The van der Waals surface area contributed by atoms with Crippen LogP contribution in [0.3, 0.4) is 0 Å². The van der Waals surface area contributed by atoms with Crippen LogP contribution >= 0.6 is 0 Å². The maximum Gasteiger partial charge on any atom is 0.252 e. The molecule has 0 unspecified atom stereocenters. The summed E-state index contributed by atoms with van der Waals surface area (Å²) in [6, 6.07) is 6.50. The zero-order valence-corrected chi connectivity index (χ0v) is 16.9. The number of primary amides is 1. The Morgan fingerprint density at radius 1 is 1.06 bits per heavy atom. The molecule has 1 fully saturated rings. The molecule has 0 radical (unpaired) electrons. The van der Waals surface area contributed by atoms with E-state index in [1.807, 2.05) is 18.2 Å². The Labute approximate surface area is 179 Å². The molecule has 3 heterocycles. The minimum Gasteiger partial charge on any atom is -0.365 e. The molecule has 0 bridgehead atoms. The molecule has 0 saturated heterocycles. The first-order valence-corrected chi connectivity index (χ1v) is 10.2. The second-order valence-corrected chi connectivity index (χ2v) is 7.61. The van der Waals surface area contributed by atoms with Crippen LogP contribution in [-0.4, -0.2) is 32.9 Å². The number of rotatable bonds is 6. The Kier molecular flexibility index (Phi) is 6.03. The van der Waals surface area contributed by atoms with Gasteiger partial charge in [-0.05, 0) is 31.0 Å². The number of nitrogens with zero attached hydrogens (tertiary/aromatic N) is 3. The highest BCUT2D eigenvalue weighted by Gasteiger charge is 2.24. The third-order valence-electron chi connectivity index (χ3n) is 5.38. The van der Waals surface area contributed by atoms with Crippen LogP contribution in [0, 0.1) is 5.82 Å². The average molecular weight is 421 g/mol. The van der Waals surface area contributed by atoms with Crippen molar-refractivity contribution in [1.29, 1.82) is 0 Å². The van der Waals surface area contributed by atoms with Gasteiger partial charge in [0.25, 0.3) is 5.91 Å². The lowest BCUT2D eigenvalue weighted by atomic mass is 9.91. The molecule has 8 nitrogen and oxygen atoms in total. The van der Waals surface area contributed by atoms with Crippen LogP contribution in [0.1, 0.15) is 36.0 Å². The van der Waals surface area contributed by atoms with E-state index in [0.717, 1.165) is 42.9 Å². The SMILES string of the molecule is NC(=O)c1cc(F)c(N[C@@H]2CCCC[C@@H]2N)nc1Nc1cncc(-c2cccnc2)c1. The monoisotopic (exact) mass is 421 g/mol. The molecular formula is C22H24FN7O. The van der Waals surface area contributed by atoms with Crippen LogP contribution in [-0.2, 0) is 0 Å². The van der Waals surface area contributed by atoms with Gasteiger partial charge in [0.05, 0.1) is 17.4 Å². The van der Waals surface area contributed by atoms with Crippen LogP contribution in [0.4, 0.5) is 21.7 Å². The molecule has 1 amide bonds. The molecule has 2 atom stereocenters. The lowest BCUT2D eigenvalue weighted by Gasteiger charge is -2.30. The van der Waals surface area contributed by atoms with E-state index >= 15 is 0 Å². The summed E-state index contributed by atoms with van der Waals surface area (Å²) < 4.78 is 14.7. The summed E-state index contributed by atoms with van der Waals surface area (Å²) in [4.78, 5) is 24.6. The molecule has 9 heteroatoms. The Morgan fingerprint density at radius 2 is 1.87 bits per heavy atom. The van der Waals surface area contributed by atoms with Crippen molar-refractivity contribution in [2.45, 2.75) is 37.8 Å². The van der Waals surface area contributed by atoms with E-state index in [1.165, 1.54) is 0 Å². The fourth-order valence-corrected chi connectivity index (χ4v) is 3.72. The van der Waals surface area contributed by atoms with Crippen LogP contribution in [0.5, 0.6) is 0 Å². The van der Waals surface area contributed by atoms with Gasteiger partial charge in [0.1, 0.15) is 5.82 Å². The van der Waals surface area contributed by atoms with Gasteiger partial charge in [-0.15, -0.1) is 0 Å². The minimum atomic E-state index is -0.786. The first-order chi connectivity index (χ1) is 15.0. The van der Waals surface area contributed by atoms with Crippen LogP contribution in [0.25, 0.3) is 11.1 Å². The highest BCUT2D eigenvalue weighted by molar-refractivity contribution is 5.98. The van der Waals surface area contributed by atoms with Gasteiger partial charge in [-0.2, -0.15) is 0 Å². The standard InChI is InChI=1S/C22H24FN7O/c23-17-9-16(20(25)31)21(30-22(17)29-19-6-2-1-5-18(19)24)28-15-8-14(11-27-12-15)13-4-3-7-26-10-13/h3-4,7-12,18-19H,1-2,5-6,24H2,(H2,25,31)(H2,28,29,30)/t18-,19+/m0/s1. The van der Waals surface area contributed by atoms with E-state index in [-0.39, 0.29) is 29.3 Å². The second kappa shape index (κ2) is 9.05. The number of hydrogen-bond donors (Lipinski definition) is 4. The molecule has 0 spiro atoms. The highest BCUT2D eigenvalue weighted by Crippen LogP contribution is 2.28. The van der Waals surface area contributed by atoms with Gasteiger partial charge in [0, 0.05) is 41.8 Å². The fourth-order valence-electron chi connectivity index (χ4n) is 3.72. The summed E-state index contributed by atoms with van der Waals surface area (Å²) in [6.07, 6.45) is 10.5. The largest absolute Gasteiger partial charge is 0.365 e. The number of aromatic nitrogens is 3. The fraction of sp³-hybridized carbons (Fsp3) is 0.273. The van der Waals surface area contributed by atoms with E-state index in [2.05, 4.69) is 25.6 Å². The Morgan fingerprint density at radius 3 is 2.61 bits per heavy atom. The molecular weight excluding hydrogens is 397 g/mol. The molecule has 31 heavy (non-hydrogen) atoms. The molecule has 3 aromatic heterocycles. The maximum atomic E-state index is 14.7. The number of pyridine rings is 3. The van der Waals surface area contributed by atoms with E-state index in [9.17, 15) is 9.18 Å². The van der Waals surface area contributed by atoms with E-state index in [4.69, 9.17) is 11.5 Å². The molecule has 1 saturated carbocycles. The Balaban J connectivity index is 1.64. The van der Waals surface area contributed by atoms with Gasteiger partial charge in [0.2, 0.25) is 0 Å². The van der Waals surface area contributed by atoms with Gasteiger partial charge in [-0.25, -0.2) is 9.37 Å². The van der Waals surface area contributed by atoms with Crippen LogP contribution < -0.4 is 22.1 Å². The van der Waals surface area contributed by atoms with Crippen LogP contribution in [0.2, 0.25) is 0 Å². The first kappa shape index (κ1) is 20.7. The van der Waals surface area contributed by atoms with Gasteiger partial charge >= 0.3 is 0 Å². The second-order valence-electron chi connectivity index (χ2n) is 7.61. The van der Waals surface area contributed by atoms with Gasteiger partial charge < -0.3 is 22.1 Å². The number of anilines is 3. The number of hydrogen-bond acceptors (Lipinski definition) is 7. The third kappa shape index (κ3) is 4.77. The van der Waals surface area contributed by atoms with Gasteiger partial charge in [-0.1, -0.05) is 18.9 Å². The summed E-state index contributed by atoms with van der Waals surface area (Å²) >= 11 is 0. The predicted molar refractivity (Wildman–Crippen MR) is 117 cm³/mol. The van der Waals surface area contributed by atoms with E-state index in [1.54, 1.807) is 24.8 Å². The number of carbonyl (C=O) groups is 1. The quantitative estimate of drug-likeness (QED) is 0.480. The molecule has 1 aliphatic carbocycles. The molecule has 160 valence electrons. The van der Waals surface area contributed by atoms with Gasteiger partial charge in [0.15, 0.2) is 11.6 Å². The van der Waals surface area contributed by atoms with Crippen LogP contribution in [0.15, 0.2) is 49.1 Å². The van der Waals surface area contributed by atoms with Gasteiger partial charge in [-0.3, -0.25) is 14.8 Å². The summed E-state index contributed by atoms with van der Waals surface area (Å²) in [6.45, 7) is 0. The zero-order chi connectivity index (χ0) is 21.8. The number of carbonyl (C=O) groups excluding carboxylic acids is 1. The van der Waals surface area contributed by atoms with Crippen molar-refractivity contribution < 1.29 is 9.18 Å². The predicted octanol–water partition coefficient (Wildman–Crippen LogP) is 3.20. The topological polar surface area (TPSA) is 132 Å². The van der Waals surface area contributed by atoms with Crippen molar-refractivity contribution in [3.63, 3.8) is 0 Å². The van der Waals surface area contributed by atoms with Crippen molar-refractivity contribution >= 4 is 23.2 Å². The minimum absolute atomic E-state index is 0.0335. The van der Waals surface area contributed by atoms with Crippen molar-refractivity contribution in [3.8, 4) is 11.1 Å². The molecule has 6 N–H and O–H groups in total. The lowest BCUT2D eigenvalue weighted by Crippen LogP contribution is -2.43. The molecule has 0 aliphatic heterocycles. The van der Waals surface area contributed by atoms with Crippen molar-refractivity contribution in [2.24, 2.45) is 11.5 Å². The first-order valence-electron chi connectivity index (χ1n) is 10.2. The number of nitrogens with one attached hydrogen (secondary N) is 2. The normalized spacial score (nSPS) is 18.4. The number of nitrogens with two attached hydrogens (primary N) is 2. The maximum absolute atomic E-state index is 14.7. The van der Waals surface area contributed by atoms with Crippen molar-refractivity contribution in [2.75, 3.05) is 10.6 Å².